The number of amides is 2. The maximum Gasteiger partial charge on any atom is 0.329 e. The summed E-state index contributed by atoms with van der Waals surface area (Å²) in [7, 11) is 3.08. The average molecular weight is 383 g/mol. The molecule has 0 aliphatic rings. The Hall–Kier alpha value is -3.35. The highest BCUT2D eigenvalue weighted by molar-refractivity contribution is 6.39. The van der Waals surface area contributed by atoms with Crippen LogP contribution >= 0.6 is 0 Å². The Morgan fingerprint density at radius 1 is 1.00 bits per heavy atom. The number of hydrogen-bond donors (Lipinski definition) is 2. The van der Waals surface area contributed by atoms with Crippen molar-refractivity contribution in [3.05, 3.63) is 53.1 Å². The lowest BCUT2D eigenvalue weighted by Crippen LogP contribution is -2.33. The van der Waals surface area contributed by atoms with Crippen molar-refractivity contribution in [1.29, 1.82) is 0 Å². The van der Waals surface area contributed by atoms with Gasteiger partial charge in [-0.05, 0) is 42.2 Å². The average Bonchev–Trinajstić information content (AvgIpc) is 2.73. The number of hydrogen-bond acceptors (Lipinski definition) is 5. The Balaban J connectivity index is 2.08. The molecule has 7 nitrogen and oxygen atoms in total. The van der Waals surface area contributed by atoms with Gasteiger partial charge in [0.15, 0.2) is 0 Å². The van der Waals surface area contributed by atoms with Gasteiger partial charge in [0, 0.05) is 11.3 Å². The fourth-order valence-electron chi connectivity index (χ4n) is 2.72. The molecule has 0 bridgehead atoms. The van der Waals surface area contributed by atoms with Gasteiger partial charge in [0.05, 0.1) is 20.4 Å². The molecule has 0 aliphatic carbocycles. The van der Waals surface area contributed by atoms with Crippen molar-refractivity contribution < 1.29 is 19.1 Å². The molecule has 0 heterocycles. The van der Waals surface area contributed by atoms with Gasteiger partial charge in [-0.25, -0.2) is 5.43 Å². The lowest BCUT2D eigenvalue weighted by Gasteiger charge is -2.13. The number of hydrazone groups is 1. The smallest absolute Gasteiger partial charge is 0.329 e. The van der Waals surface area contributed by atoms with E-state index in [0.29, 0.717) is 22.7 Å². The molecule has 0 aromatic heterocycles. The van der Waals surface area contributed by atoms with Crippen LogP contribution in [0.15, 0.2) is 41.5 Å². The number of ether oxygens (including phenoxy) is 2. The van der Waals surface area contributed by atoms with Crippen molar-refractivity contribution in [2.45, 2.75) is 26.7 Å². The first-order valence-corrected chi connectivity index (χ1v) is 9.01. The molecule has 0 radical (unpaired) electrons. The summed E-state index contributed by atoms with van der Waals surface area (Å²) in [5, 5.41) is 6.55. The lowest BCUT2D eigenvalue weighted by atomic mass is 10.0. The third-order valence-electron chi connectivity index (χ3n) is 4.25. The largest absolute Gasteiger partial charge is 0.497 e. The molecule has 2 aromatic rings. The number of methoxy groups -OCH3 is 2. The molecule has 0 atom stereocenters. The van der Waals surface area contributed by atoms with Gasteiger partial charge in [-0.1, -0.05) is 32.0 Å². The van der Waals surface area contributed by atoms with E-state index in [-0.39, 0.29) is 0 Å². The second-order valence-electron chi connectivity index (χ2n) is 5.92. The van der Waals surface area contributed by atoms with E-state index in [9.17, 15) is 9.59 Å². The summed E-state index contributed by atoms with van der Waals surface area (Å²) in [6.07, 6.45) is 2.89. The maximum atomic E-state index is 12.3. The molecular weight excluding hydrogens is 358 g/mol. The van der Waals surface area contributed by atoms with Gasteiger partial charge in [-0.2, -0.15) is 5.10 Å². The normalized spacial score (nSPS) is 10.6. The Morgan fingerprint density at radius 3 is 2.25 bits per heavy atom. The van der Waals surface area contributed by atoms with E-state index < -0.39 is 11.8 Å². The highest BCUT2D eigenvalue weighted by atomic mass is 16.5. The van der Waals surface area contributed by atoms with Crippen LogP contribution in [0, 0.1) is 0 Å². The monoisotopic (exact) mass is 383 g/mol. The molecule has 2 amide bonds. The molecule has 28 heavy (non-hydrogen) atoms. The molecule has 0 fully saturated rings. The molecular formula is C21H25N3O4. The maximum absolute atomic E-state index is 12.3. The van der Waals surface area contributed by atoms with Crippen LogP contribution in [-0.4, -0.2) is 32.2 Å². The number of aryl methyl sites for hydroxylation is 2. The SMILES string of the molecule is CCc1cccc(CC)c1NC(=O)C(=O)N/N=C\c1cc(OC)ccc1OC. The number of rotatable bonds is 7. The van der Waals surface area contributed by atoms with E-state index in [4.69, 9.17) is 9.47 Å². The summed E-state index contributed by atoms with van der Waals surface area (Å²) in [4.78, 5) is 24.4. The highest BCUT2D eigenvalue weighted by Gasteiger charge is 2.16. The zero-order chi connectivity index (χ0) is 20.5. The third kappa shape index (κ3) is 5.09. The summed E-state index contributed by atoms with van der Waals surface area (Å²) in [5.41, 5.74) is 5.48. The molecule has 0 unspecified atom stereocenters. The molecule has 2 aromatic carbocycles. The Bertz CT molecular complexity index is 856. The predicted octanol–water partition coefficient (Wildman–Crippen LogP) is 2.92. The van der Waals surface area contributed by atoms with E-state index in [0.717, 1.165) is 24.0 Å². The first-order chi connectivity index (χ1) is 13.5. The first-order valence-electron chi connectivity index (χ1n) is 9.01. The summed E-state index contributed by atoms with van der Waals surface area (Å²) in [6, 6.07) is 11.0. The highest BCUT2D eigenvalue weighted by Crippen LogP contribution is 2.23. The van der Waals surface area contributed by atoms with Crippen LogP contribution in [0.1, 0.15) is 30.5 Å². The van der Waals surface area contributed by atoms with Crippen LogP contribution in [0.25, 0.3) is 0 Å². The summed E-state index contributed by atoms with van der Waals surface area (Å²) < 4.78 is 10.4. The number of carbonyl (C=O) groups is 2. The Kier molecular flexibility index (Phi) is 7.56. The standard InChI is InChI=1S/C21H25N3O4/c1-5-14-8-7-9-15(6-2)19(14)23-20(25)21(26)24-22-13-16-12-17(27-3)10-11-18(16)28-4/h7-13H,5-6H2,1-4H3,(H,23,25)(H,24,26)/b22-13-. The quantitative estimate of drug-likeness (QED) is 0.437. The van der Waals surface area contributed by atoms with Crippen molar-refractivity contribution in [2.75, 3.05) is 19.5 Å². The van der Waals surface area contributed by atoms with Crippen LogP contribution in [0.2, 0.25) is 0 Å². The van der Waals surface area contributed by atoms with Gasteiger partial charge >= 0.3 is 11.8 Å². The van der Waals surface area contributed by atoms with Gasteiger partial charge in [-0.3, -0.25) is 9.59 Å². The summed E-state index contributed by atoms with van der Waals surface area (Å²) >= 11 is 0. The molecule has 0 spiro atoms. The zero-order valence-corrected chi connectivity index (χ0v) is 16.5. The summed E-state index contributed by atoms with van der Waals surface area (Å²) in [6.45, 7) is 3.99. The van der Waals surface area contributed by atoms with E-state index in [1.807, 2.05) is 32.0 Å². The van der Waals surface area contributed by atoms with Gasteiger partial charge in [0.2, 0.25) is 0 Å². The number of para-hydroxylation sites is 1. The van der Waals surface area contributed by atoms with E-state index in [1.54, 1.807) is 25.3 Å². The van der Waals surface area contributed by atoms with E-state index in [1.165, 1.54) is 13.3 Å². The van der Waals surface area contributed by atoms with Crippen molar-refractivity contribution in [3.63, 3.8) is 0 Å². The second-order valence-corrected chi connectivity index (χ2v) is 5.92. The van der Waals surface area contributed by atoms with Crippen LogP contribution < -0.4 is 20.2 Å². The molecule has 0 aliphatic heterocycles. The number of nitrogens with one attached hydrogen (secondary N) is 2. The number of anilines is 1. The third-order valence-corrected chi connectivity index (χ3v) is 4.25. The fraction of sp³-hybridized carbons (Fsp3) is 0.286. The molecule has 148 valence electrons. The molecule has 2 rings (SSSR count). The minimum Gasteiger partial charge on any atom is -0.497 e. The van der Waals surface area contributed by atoms with E-state index >= 15 is 0 Å². The number of nitrogens with zero attached hydrogens (tertiary/aromatic N) is 1. The minimum atomic E-state index is -0.855. The molecule has 0 saturated carbocycles. The van der Waals surface area contributed by atoms with Crippen LogP contribution in [0.3, 0.4) is 0 Å². The first kappa shape index (κ1) is 21.0. The number of carbonyl (C=O) groups excluding carboxylic acids is 2. The lowest BCUT2D eigenvalue weighted by molar-refractivity contribution is -0.136. The van der Waals surface area contributed by atoms with Gasteiger partial charge in [0.25, 0.3) is 0 Å². The fourth-order valence-corrected chi connectivity index (χ4v) is 2.72. The van der Waals surface area contributed by atoms with Gasteiger partial charge in [-0.15, -0.1) is 0 Å². The molecule has 7 heteroatoms. The van der Waals surface area contributed by atoms with Crippen molar-refractivity contribution >= 4 is 23.7 Å². The molecule has 0 saturated heterocycles. The van der Waals surface area contributed by atoms with E-state index in [2.05, 4.69) is 15.8 Å². The van der Waals surface area contributed by atoms with Crippen molar-refractivity contribution in [2.24, 2.45) is 5.10 Å². The Labute approximate surface area is 164 Å². The van der Waals surface area contributed by atoms with Crippen molar-refractivity contribution in [1.82, 2.24) is 5.43 Å². The molecule has 2 N–H and O–H groups in total. The summed E-state index contributed by atoms with van der Waals surface area (Å²) in [5.74, 6) is -0.446. The van der Waals surface area contributed by atoms with Crippen LogP contribution in [-0.2, 0) is 22.4 Å². The van der Waals surface area contributed by atoms with Crippen LogP contribution in [0.5, 0.6) is 11.5 Å². The zero-order valence-electron chi connectivity index (χ0n) is 16.5. The Morgan fingerprint density at radius 2 is 1.68 bits per heavy atom. The van der Waals surface area contributed by atoms with Crippen molar-refractivity contribution in [3.8, 4) is 11.5 Å². The predicted molar refractivity (Wildman–Crippen MR) is 109 cm³/mol. The number of benzene rings is 2. The van der Waals surface area contributed by atoms with Gasteiger partial charge in [0.1, 0.15) is 11.5 Å². The topological polar surface area (TPSA) is 89.0 Å². The van der Waals surface area contributed by atoms with Gasteiger partial charge < -0.3 is 14.8 Å². The second kappa shape index (κ2) is 10.1. The van der Waals surface area contributed by atoms with Crippen LogP contribution in [0.4, 0.5) is 5.69 Å². The minimum absolute atomic E-state index is 0.563.